The van der Waals surface area contributed by atoms with Crippen molar-refractivity contribution in [3.8, 4) is 0 Å². The minimum absolute atomic E-state index is 0.00177. The summed E-state index contributed by atoms with van der Waals surface area (Å²) in [6.45, 7) is 8.75. The fourth-order valence-electron chi connectivity index (χ4n) is 5.00. The molecule has 9 heteroatoms. The number of hydrogen-bond donors (Lipinski definition) is 3. The zero-order chi connectivity index (χ0) is 23.1. The van der Waals surface area contributed by atoms with Crippen molar-refractivity contribution in [1.82, 2.24) is 20.5 Å². The average Bonchev–Trinajstić information content (AvgIpc) is 3.30. The number of hydrazine groups is 1. The number of rotatable bonds is 9. The molecule has 0 radical (unpaired) electrons. The summed E-state index contributed by atoms with van der Waals surface area (Å²) >= 11 is 2.29. The quantitative estimate of drug-likeness (QED) is 0.228. The van der Waals surface area contributed by atoms with E-state index in [1.165, 1.54) is 12.8 Å². The van der Waals surface area contributed by atoms with Crippen LogP contribution < -0.4 is 16.5 Å². The van der Waals surface area contributed by atoms with E-state index in [0.29, 0.717) is 43.4 Å². The van der Waals surface area contributed by atoms with Crippen molar-refractivity contribution in [3.05, 3.63) is 24.4 Å². The summed E-state index contributed by atoms with van der Waals surface area (Å²) < 4.78 is 0.620. The Bertz CT molecular complexity index is 751. The number of alkyl halides is 1. The Balaban J connectivity index is 1.59. The lowest BCUT2D eigenvalue weighted by Gasteiger charge is -2.53. The summed E-state index contributed by atoms with van der Waals surface area (Å²) in [7, 11) is 0. The molecule has 3 aliphatic rings. The number of amides is 2. The molecule has 32 heavy (non-hydrogen) atoms. The zero-order valence-electron chi connectivity index (χ0n) is 19.1. The molecule has 1 saturated heterocycles. The van der Waals surface area contributed by atoms with Crippen molar-refractivity contribution in [2.24, 2.45) is 16.8 Å². The molecule has 2 amide bonds. The number of likely N-dealkylation sites (N-methyl/N-ethyl adjacent to an activating group) is 1. The Morgan fingerprint density at radius 1 is 1.38 bits per heavy atom. The highest BCUT2D eigenvalue weighted by atomic mass is 127. The highest BCUT2D eigenvalue weighted by molar-refractivity contribution is 14.1. The molecule has 0 aromatic carbocycles. The number of nitrogens with one attached hydrogen (secondary N) is 2. The van der Waals surface area contributed by atoms with Crippen LogP contribution in [-0.4, -0.2) is 76.2 Å². The molecule has 3 rings (SSSR count). The van der Waals surface area contributed by atoms with Gasteiger partial charge in [0, 0.05) is 60.9 Å². The van der Waals surface area contributed by atoms with Crippen LogP contribution in [0.5, 0.6) is 0 Å². The first-order valence-electron chi connectivity index (χ1n) is 11.7. The number of aliphatic imine (C=N–C) groups is 1. The third-order valence-corrected chi connectivity index (χ3v) is 8.13. The number of nitrogens with two attached hydrogens (primary N) is 1. The van der Waals surface area contributed by atoms with Crippen LogP contribution in [0.2, 0.25) is 0 Å². The molecule has 0 aromatic rings. The average molecular weight is 556 g/mol. The van der Waals surface area contributed by atoms with Crippen molar-refractivity contribution in [2.45, 2.75) is 63.1 Å². The molecule has 2 aliphatic heterocycles. The van der Waals surface area contributed by atoms with Gasteiger partial charge in [-0.1, -0.05) is 48.1 Å². The monoisotopic (exact) mass is 556 g/mol. The molecule has 8 nitrogen and oxygen atoms in total. The normalized spacial score (nSPS) is 28.8. The van der Waals surface area contributed by atoms with Gasteiger partial charge < -0.3 is 15.5 Å². The van der Waals surface area contributed by atoms with E-state index in [2.05, 4.69) is 55.8 Å². The fraction of sp³-hybridized carbons (Fsp3) is 0.696. The van der Waals surface area contributed by atoms with Gasteiger partial charge in [-0.2, -0.15) is 0 Å². The van der Waals surface area contributed by atoms with Crippen LogP contribution >= 0.6 is 22.6 Å². The fourth-order valence-corrected chi connectivity index (χ4v) is 6.00. The van der Waals surface area contributed by atoms with E-state index in [4.69, 9.17) is 5.84 Å². The predicted molar refractivity (Wildman–Crippen MR) is 136 cm³/mol. The van der Waals surface area contributed by atoms with Gasteiger partial charge in [0.1, 0.15) is 5.54 Å². The molecule has 3 unspecified atom stereocenters. The van der Waals surface area contributed by atoms with Gasteiger partial charge in [0.15, 0.2) is 0 Å². The molecule has 0 bridgehead atoms. The molecular formula is C23H37IN6O2. The molecular weight excluding hydrogens is 519 g/mol. The third-order valence-electron chi connectivity index (χ3n) is 6.86. The first-order chi connectivity index (χ1) is 15.4. The number of carbonyl (C=O) groups excluding carboxylic acids is 2. The summed E-state index contributed by atoms with van der Waals surface area (Å²) in [5.41, 5.74) is 0.0768. The van der Waals surface area contributed by atoms with Crippen molar-refractivity contribution in [1.29, 1.82) is 0 Å². The van der Waals surface area contributed by atoms with Gasteiger partial charge in [0.25, 0.3) is 0 Å². The van der Waals surface area contributed by atoms with Crippen molar-refractivity contribution in [3.63, 3.8) is 0 Å². The SMILES string of the molecule is C=C1C(CCC(=O)NCC2C=CC=NC2)N(N)CC(CI)(C(=O)NC2CCCC2)N1CC. The van der Waals surface area contributed by atoms with Crippen molar-refractivity contribution >= 4 is 40.6 Å². The topological polar surface area (TPSA) is 103 Å². The maximum absolute atomic E-state index is 13.4. The Morgan fingerprint density at radius 3 is 2.75 bits per heavy atom. The predicted octanol–water partition coefficient (Wildman–Crippen LogP) is 1.77. The molecule has 0 aromatic heterocycles. The van der Waals surface area contributed by atoms with Gasteiger partial charge in [0.2, 0.25) is 11.8 Å². The van der Waals surface area contributed by atoms with Gasteiger partial charge in [0.05, 0.1) is 6.04 Å². The van der Waals surface area contributed by atoms with E-state index in [1.54, 1.807) is 11.2 Å². The second kappa shape index (κ2) is 11.6. The van der Waals surface area contributed by atoms with Gasteiger partial charge in [-0.05, 0) is 32.3 Å². The van der Waals surface area contributed by atoms with E-state index in [9.17, 15) is 9.59 Å². The zero-order valence-corrected chi connectivity index (χ0v) is 21.2. The lowest BCUT2D eigenvalue weighted by molar-refractivity contribution is -0.136. The first kappa shape index (κ1) is 25.2. The number of piperazine rings is 1. The molecule has 1 aliphatic carbocycles. The van der Waals surface area contributed by atoms with Crippen molar-refractivity contribution in [2.75, 3.05) is 30.6 Å². The highest BCUT2D eigenvalue weighted by Gasteiger charge is 2.50. The number of dihydropyridines is 1. The van der Waals surface area contributed by atoms with Crippen LogP contribution in [0.1, 0.15) is 45.4 Å². The lowest BCUT2D eigenvalue weighted by atomic mass is 9.89. The van der Waals surface area contributed by atoms with E-state index < -0.39 is 5.54 Å². The van der Waals surface area contributed by atoms with Gasteiger partial charge in [-0.25, -0.2) is 5.01 Å². The van der Waals surface area contributed by atoms with Crippen LogP contribution in [0.15, 0.2) is 29.4 Å². The van der Waals surface area contributed by atoms with Crippen LogP contribution in [0.4, 0.5) is 0 Å². The molecule has 2 heterocycles. The van der Waals surface area contributed by atoms with E-state index in [-0.39, 0.29) is 29.8 Å². The maximum Gasteiger partial charge on any atom is 0.248 e. The lowest BCUT2D eigenvalue weighted by Crippen LogP contribution is -2.72. The Kier molecular flexibility index (Phi) is 9.13. The summed E-state index contributed by atoms with van der Waals surface area (Å²) in [6, 6.07) is 0.0851. The van der Waals surface area contributed by atoms with Crippen LogP contribution in [0, 0.1) is 5.92 Å². The molecule has 178 valence electrons. The Morgan fingerprint density at radius 2 is 2.12 bits per heavy atom. The van der Waals surface area contributed by atoms with Crippen LogP contribution in [0.3, 0.4) is 0 Å². The van der Waals surface area contributed by atoms with Gasteiger partial charge in [-0.15, -0.1) is 0 Å². The number of halogens is 1. The summed E-state index contributed by atoms with van der Waals surface area (Å²) in [4.78, 5) is 32.2. The second-order valence-corrected chi connectivity index (χ2v) is 9.81. The van der Waals surface area contributed by atoms with E-state index >= 15 is 0 Å². The Hall–Kier alpha value is -1.46. The number of nitrogens with zero attached hydrogens (tertiary/aromatic N) is 3. The standard InChI is InChI=1S/C23H37IN6O2/c1-3-29-17(2)20(10-11-21(31)27-14-18-7-6-12-26-13-18)30(25)16-23(29,15-24)22(32)28-19-8-4-5-9-19/h6-7,12,18-20H,2-5,8-11,13-16,25H2,1H3,(H,27,31)(H,28,32). The molecule has 0 spiro atoms. The van der Waals surface area contributed by atoms with E-state index in [0.717, 1.165) is 18.5 Å². The van der Waals surface area contributed by atoms with Crippen molar-refractivity contribution < 1.29 is 9.59 Å². The first-order valence-corrected chi connectivity index (χ1v) is 13.2. The molecule has 1 saturated carbocycles. The third kappa shape index (κ3) is 5.72. The maximum atomic E-state index is 13.4. The summed E-state index contributed by atoms with van der Waals surface area (Å²) in [5, 5.41) is 7.99. The van der Waals surface area contributed by atoms with Crippen LogP contribution in [-0.2, 0) is 9.59 Å². The second-order valence-electron chi connectivity index (χ2n) is 9.05. The molecule has 2 fully saturated rings. The molecule has 4 N–H and O–H groups in total. The van der Waals surface area contributed by atoms with Gasteiger partial charge >= 0.3 is 0 Å². The van der Waals surface area contributed by atoms with E-state index in [1.807, 2.05) is 13.0 Å². The number of allylic oxidation sites excluding steroid dienone is 1. The minimum atomic E-state index is -0.740. The molecule has 3 atom stereocenters. The summed E-state index contributed by atoms with van der Waals surface area (Å²) in [6.07, 6.45) is 11.1. The highest BCUT2D eigenvalue weighted by Crippen LogP contribution is 2.34. The summed E-state index contributed by atoms with van der Waals surface area (Å²) in [5.74, 6) is 6.75. The minimum Gasteiger partial charge on any atom is -0.358 e. The largest absolute Gasteiger partial charge is 0.358 e. The van der Waals surface area contributed by atoms with Gasteiger partial charge in [-0.3, -0.25) is 20.4 Å². The Labute approximate surface area is 205 Å². The number of hydrogen-bond acceptors (Lipinski definition) is 6. The smallest absolute Gasteiger partial charge is 0.248 e. The van der Waals surface area contributed by atoms with Crippen LogP contribution in [0.25, 0.3) is 0 Å². The number of carbonyl (C=O) groups is 2.